The molecule has 0 aliphatic carbocycles. The molecule has 0 bridgehead atoms. The van der Waals surface area contributed by atoms with Crippen LogP contribution < -0.4 is 9.46 Å². The number of nitrogens with zero attached hydrogens (tertiary/aromatic N) is 3. The number of rotatable bonds is 4. The quantitative estimate of drug-likeness (QED) is 0.793. The average Bonchev–Trinajstić information content (AvgIpc) is 2.89. The van der Waals surface area contributed by atoms with Gasteiger partial charge in [0.25, 0.3) is 10.0 Å². The minimum absolute atomic E-state index is 0.138. The molecule has 0 radical (unpaired) electrons. The molecule has 0 aliphatic heterocycles. The van der Waals surface area contributed by atoms with Crippen LogP contribution in [0.15, 0.2) is 47.5 Å². The third kappa shape index (κ3) is 2.60. The molecule has 0 fully saturated rings. The summed E-state index contributed by atoms with van der Waals surface area (Å²) in [7, 11) is -2.13. The van der Waals surface area contributed by atoms with E-state index in [4.69, 9.17) is 4.74 Å². The Morgan fingerprint density at radius 3 is 2.50 bits per heavy atom. The third-order valence-electron chi connectivity index (χ3n) is 3.20. The number of benzene rings is 1. The standard InChI is InChI=1S/C14H14N4O3S/c1-10-15-16-14-8-7-13(9-18(10)14)22(19,20)17-11-3-5-12(21-2)6-4-11/h3-9,17H,1-2H3. The number of anilines is 1. The molecular weight excluding hydrogens is 304 g/mol. The lowest BCUT2D eigenvalue weighted by Gasteiger charge is -2.09. The van der Waals surface area contributed by atoms with Gasteiger partial charge in [-0.25, -0.2) is 8.42 Å². The Kier molecular flexibility index (Phi) is 3.45. The van der Waals surface area contributed by atoms with Crippen LogP contribution in [0, 0.1) is 6.92 Å². The van der Waals surface area contributed by atoms with Gasteiger partial charge in [0.2, 0.25) is 0 Å². The lowest BCUT2D eigenvalue weighted by Crippen LogP contribution is -2.13. The first-order valence-electron chi connectivity index (χ1n) is 6.48. The molecule has 0 amide bonds. The Morgan fingerprint density at radius 2 is 1.82 bits per heavy atom. The first kappa shape index (κ1) is 14.3. The van der Waals surface area contributed by atoms with Crippen molar-refractivity contribution in [1.82, 2.24) is 14.6 Å². The van der Waals surface area contributed by atoms with Crippen molar-refractivity contribution in [2.24, 2.45) is 0 Å². The normalized spacial score (nSPS) is 11.5. The number of methoxy groups -OCH3 is 1. The SMILES string of the molecule is COc1ccc(NS(=O)(=O)c2ccc3nnc(C)n3c2)cc1. The minimum Gasteiger partial charge on any atom is -0.497 e. The van der Waals surface area contributed by atoms with E-state index in [0.29, 0.717) is 22.9 Å². The number of pyridine rings is 1. The maximum absolute atomic E-state index is 12.4. The van der Waals surface area contributed by atoms with Crippen molar-refractivity contribution >= 4 is 21.4 Å². The fourth-order valence-corrected chi connectivity index (χ4v) is 3.07. The number of aryl methyl sites for hydroxylation is 1. The predicted octanol–water partition coefficient (Wildman–Crippen LogP) is 1.85. The number of ether oxygens (including phenoxy) is 1. The topological polar surface area (TPSA) is 85.6 Å². The van der Waals surface area contributed by atoms with Crippen molar-refractivity contribution in [3.05, 3.63) is 48.4 Å². The molecule has 1 aromatic carbocycles. The van der Waals surface area contributed by atoms with E-state index in [1.807, 2.05) is 0 Å². The van der Waals surface area contributed by atoms with Crippen molar-refractivity contribution in [1.29, 1.82) is 0 Å². The zero-order valence-corrected chi connectivity index (χ0v) is 12.8. The van der Waals surface area contributed by atoms with Gasteiger partial charge >= 0.3 is 0 Å². The van der Waals surface area contributed by atoms with Gasteiger partial charge in [-0.05, 0) is 43.3 Å². The van der Waals surface area contributed by atoms with Crippen LogP contribution in [0.5, 0.6) is 5.75 Å². The molecular formula is C14H14N4O3S. The maximum Gasteiger partial charge on any atom is 0.263 e. The molecule has 7 nitrogen and oxygen atoms in total. The molecule has 3 aromatic rings. The summed E-state index contributed by atoms with van der Waals surface area (Å²) in [6.07, 6.45) is 1.50. The van der Waals surface area contributed by atoms with Gasteiger partial charge in [0.1, 0.15) is 16.5 Å². The number of hydrogen-bond donors (Lipinski definition) is 1. The van der Waals surface area contributed by atoms with Crippen molar-refractivity contribution in [3.63, 3.8) is 0 Å². The van der Waals surface area contributed by atoms with Gasteiger partial charge in [0, 0.05) is 11.9 Å². The van der Waals surface area contributed by atoms with Crippen LogP contribution in [-0.4, -0.2) is 30.1 Å². The number of aromatic nitrogens is 3. The number of nitrogens with one attached hydrogen (secondary N) is 1. The first-order valence-corrected chi connectivity index (χ1v) is 7.96. The lowest BCUT2D eigenvalue weighted by molar-refractivity contribution is 0.415. The van der Waals surface area contributed by atoms with Gasteiger partial charge in [0.15, 0.2) is 5.65 Å². The van der Waals surface area contributed by atoms with E-state index in [0.717, 1.165) is 0 Å². The monoisotopic (exact) mass is 318 g/mol. The molecule has 2 aromatic heterocycles. The Balaban J connectivity index is 1.94. The summed E-state index contributed by atoms with van der Waals surface area (Å²) >= 11 is 0. The summed E-state index contributed by atoms with van der Waals surface area (Å²) < 4.78 is 34.1. The van der Waals surface area contributed by atoms with Crippen LogP contribution >= 0.6 is 0 Å². The molecule has 0 saturated heterocycles. The van der Waals surface area contributed by atoms with Crippen molar-refractivity contribution < 1.29 is 13.2 Å². The second kappa shape index (κ2) is 5.30. The van der Waals surface area contributed by atoms with E-state index in [9.17, 15) is 8.42 Å². The highest BCUT2D eigenvalue weighted by Crippen LogP contribution is 2.19. The maximum atomic E-state index is 12.4. The molecule has 22 heavy (non-hydrogen) atoms. The molecule has 1 N–H and O–H groups in total. The molecule has 8 heteroatoms. The van der Waals surface area contributed by atoms with Gasteiger partial charge in [-0.15, -0.1) is 10.2 Å². The Morgan fingerprint density at radius 1 is 1.09 bits per heavy atom. The van der Waals surface area contributed by atoms with Gasteiger partial charge in [0.05, 0.1) is 7.11 Å². The van der Waals surface area contributed by atoms with Crippen LogP contribution in [0.4, 0.5) is 5.69 Å². The average molecular weight is 318 g/mol. The fourth-order valence-electron chi connectivity index (χ4n) is 2.02. The van der Waals surface area contributed by atoms with Crippen LogP contribution in [0.1, 0.15) is 5.82 Å². The molecule has 0 unspecified atom stereocenters. The van der Waals surface area contributed by atoms with E-state index in [1.165, 1.54) is 12.3 Å². The largest absolute Gasteiger partial charge is 0.497 e. The number of sulfonamides is 1. The van der Waals surface area contributed by atoms with Crippen molar-refractivity contribution in [2.75, 3.05) is 11.8 Å². The second-order valence-electron chi connectivity index (χ2n) is 4.67. The summed E-state index contributed by atoms with van der Waals surface area (Å²) in [6, 6.07) is 9.76. The highest BCUT2D eigenvalue weighted by Gasteiger charge is 2.16. The highest BCUT2D eigenvalue weighted by molar-refractivity contribution is 7.92. The molecule has 2 heterocycles. The summed E-state index contributed by atoms with van der Waals surface area (Å²) in [5.41, 5.74) is 1.06. The van der Waals surface area contributed by atoms with Crippen LogP contribution in [0.2, 0.25) is 0 Å². The van der Waals surface area contributed by atoms with Crippen LogP contribution in [0.25, 0.3) is 5.65 Å². The van der Waals surface area contributed by atoms with Crippen LogP contribution in [-0.2, 0) is 10.0 Å². The molecule has 0 spiro atoms. The molecule has 0 saturated carbocycles. The van der Waals surface area contributed by atoms with Gasteiger partial charge in [-0.3, -0.25) is 9.12 Å². The zero-order valence-electron chi connectivity index (χ0n) is 12.0. The zero-order chi connectivity index (χ0) is 15.7. The second-order valence-corrected chi connectivity index (χ2v) is 6.36. The van der Waals surface area contributed by atoms with Gasteiger partial charge < -0.3 is 4.74 Å². The van der Waals surface area contributed by atoms with Gasteiger partial charge in [-0.2, -0.15) is 0 Å². The Hall–Kier alpha value is -2.61. The molecule has 0 aliphatic rings. The van der Waals surface area contributed by atoms with Gasteiger partial charge in [-0.1, -0.05) is 0 Å². The fraction of sp³-hybridized carbons (Fsp3) is 0.143. The molecule has 3 rings (SSSR count). The molecule has 0 atom stereocenters. The van der Waals surface area contributed by atoms with E-state index in [1.54, 1.807) is 48.8 Å². The van der Waals surface area contributed by atoms with E-state index in [-0.39, 0.29) is 4.90 Å². The predicted molar refractivity (Wildman–Crippen MR) is 81.5 cm³/mol. The molecule has 114 valence electrons. The first-order chi connectivity index (χ1) is 10.5. The number of fused-ring (bicyclic) bond motifs is 1. The third-order valence-corrected chi connectivity index (χ3v) is 4.56. The smallest absolute Gasteiger partial charge is 0.263 e. The van der Waals surface area contributed by atoms with E-state index < -0.39 is 10.0 Å². The lowest BCUT2D eigenvalue weighted by atomic mass is 10.3. The Labute approximate surface area is 127 Å². The number of hydrogen-bond acceptors (Lipinski definition) is 5. The Bertz CT molecular complexity index is 917. The van der Waals surface area contributed by atoms with E-state index >= 15 is 0 Å². The van der Waals surface area contributed by atoms with E-state index in [2.05, 4.69) is 14.9 Å². The summed E-state index contributed by atoms with van der Waals surface area (Å²) in [4.78, 5) is 0.138. The minimum atomic E-state index is -3.69. The highest BCUT2D eigenvalue weighted by atomic mass is 32.2. The van der Waals surface area contributed by atoms with Crippen molar-refractivity contribution in [3.8, 4) is 5.75 Å². The summed E-state index contributed by atoms with van der Waals surface area (Å²) in [6.45, 7) is 1.76. The summed E-state index contributed by atoms with van der Waals surface area (Å²) in [5, 5.41) is 7.83. The summed E-state index contributed by atoms with van der Waals surface area (Å²) in [5.74, 6) is 1.28. The van der Waals surface area contributed by atoms with Crippen molar-refractivity contribution in [2.45, 2.75) is 11.8 Å². The van der Waals surface area contributed by atoms with Crippen LogP contribution in [0.3, 0.4) is 0 Å².